The van der Waals surface area contributed by atoms with Gasteiger partial charge in [-0.05, 0) is 6.07 Å². The van der Waals surface area contributed by atoms with Gasteiger partial charge in [0.15, 0.2) is 6.10 Å². The second kappa shape index (κ2) is 4.09. The molecule has 14 heavy (non-hydrogen) atoms. The molecule has 0 aliphatic rings. The number of aliphatic hydroxyl groups is 1. The zero-order chi connectivity index (χ0) is 10.7. The normalized spacial score (nSPS) is 11.8. The smallest absolute Gasteiger partial charge is 0.337 e. The summed E-state index contributed by atoms with van der Waals surface area (Å²) in [7, 11) is 0. The number of hydrogen-bond acceptors (Lipinski definition) is 3. The standard InChI is InChI=1S/C9H6ClNO3/c10-7-5(4-11)2-1-3-6(7)8(12)9(13)14/h1-3,8,12H,(H,13,14). The first-order valence-corrected chi connectivity index (χ1v) is 4.05. The zero-order valence-electron chi connectivity index (χ0n) is 6.94. The van der Waals surface area contributed by atoms with Gasteiger partial charge in [-0.25, -0.2) is 4.79 Å². The highest BCUT2D eigenvalue weighted by atomic mass is 35.5. The molecule has 0 aliphatic heterocycles. The fraction of sp³-hybridized carbons (Fsp3) is 0.111. The SMILES string of the molecule is N#Cc1cccc(C(O)C(=O)O)c1Cl. The van der Waals surface area contributed by atoms with Gasteiger partial charge in [0.05, 0.1) is 10.6 Å². The lowest BCUT2D eigenvalue weighted by Gasteiger charge is -2.08. The molecule has 0 saturated heterocycles. The maximum absolute atomic E-state index is 10.5. The van der Waals surface area contributed by atoms with Gasteiger partial charge in [0, 0.05) is 5.56 Å². The van der Waals surface area contributed by atoms with E-state index in [0.29, 0.717) is 0 Å². The van der Waals surface area contributed by atoms with E-state index >= 15 is 0 Å². The highest BCUT2D eigenvalue weighted by Gasteiger charge is 2.20. The van der Waals surface area contributed by atoms with Gasteiger partial charge in [-0.1, -0.05) is 23.7 Å². The summed E-state index contributed by atoms with van der Waals surface area (Å²) in [6.07, 6.45) is -1.70. The fourth-order valence-electron chi connectivity index (χ4n) is 0.980. The molecule has 2 N–H and O–H groups in total. The highest BCUT2D eigenvalue weighted by molar-refractivity contribution is 6.32. The van der Waals surface area contributed by atoms with E-state index in [2.05, 4.69) is 0 Å². The molecule has 0 radical (unpaired) electrons. The van der Waals surface area contributed by atoms with E-state index < -0.39 is 12.1 Å². The Morgan fingerprint density at radius 3 is 2.71 bits per heavy atom. The van der Waals surface area contributed by atoms with Crippen molar-refractivity contribution >= 4 is 17.6 Å². The Bertz CT molecular complexity index is 411. The minimum Gasteiger partial charge on any atom is -0.479 e. The largest absolute Gasteiger partial charge is 0.479 e. The van der Waals surface area contributed by atoms with Crippen LogP contribution in [0, 0.1) is 11.3 Å². The van der Waals surface area contributed by atoms with Gasteiger partial charge >= 0.3 is 5.97 Å². The van der Waals surface area contributed by atoms with Crippen molar-refractivity contribution in [2.24, 2.45) is 0 Å². The van der Waals surface area contributed by atoms with Crippen molar-refractivity contribution in [2.45, 2.75) is 6.10 Å². The third-order valence-corrected chi connectivity index (χ3v) is 2.10. The Morgan fingerprint density at radius 1 is 1.57 bits per heavy atom. The van der Waals surface area contributed by atoms with Crippen molar-refractivity contribution < 1.29 is 15.0 Å². The summed E-state index contributed by atoms with van der Waals surface area (Å²) in [5.74, 6) is -1.40. The molecule has 0 spiro atoms. The summed E-state index contributed by atoms with van der Waals surface area (Å²) in [5.41, 5.74) is 0.169. The maximum Gasteiger partial charge on any atom is 0.337 e. The van der Waals surface area contributed by atoms with Gasteiger partial charge < -0.3 is 10.2 Å². The zero-order valence-corrected chi connectivity index (χ0v) is 7.69. The number of aliphatic hydroxyl groups excluding tert-OH is 1. The third-order valence-electron chi connectivity index (χ3n) is 1.68. The lowest BCUT2D eigenvalue weighted by Crippen LogP contribution is -2.11. The minimum atomic E-state index is -1.70. The van der Waals surface area contributed by atoms with Crippen LogP contribution in [-0.4, -0.2) is 16.2 Å². The molecule has 0 saturated carbocycles. The summed E-state index contributed by atoms with van der Waals surface area (Å²) in [5, 5.41) is 26.3. The van der Waals surface area contributed by atoms with Gasteiger partial charge in [0.2, 0.25) is 0 Å². The number of nitriles is 1. The van der Waals surface area contributed by atoms with Crippen LogP contribution in [0.3, 0.4) is 0 Å². The van der Waals surface area contributed by atoms with Crippen LogP contribution in [0.25, 0.3) is 0 Å². The molecular formula is C9H6ClNO3. The Labute approximate surface area is 85.0 Å². The van der Waals surface area contributed by atoms with Crippen LogP contribution in [-0.2, 0) is 4.79 Å². The number of hydrogen-bond donors (Lipinski definition) is 2. The predicted molar refractivity (Wildman–Crippen MR) is 48.8 cm³/mol. The highest BCUT2D eigenvalue weighted by Crippen LogP contribution is 2.26. The molecule has 0 fully saturated rings. The number of aliphatic carboxylic acids is 1. The van der Waals surface area contributed by atoms with Gasteiger partial charge in [0.25, 0.3) is 0 Å². The number of halogens is 1. The van der Waals surface area contributed by atoms with E-state index in [1.165, 1.54) is 18.2 Å². The van der Waals surface area contributed by atoms with Crippen LogP contribution >= 0.6 is 11.6 Å². The van der Waals surface area contributed by atoms with E-state index in [4.69, 9.17) is 22.0 Å². The Balaban J connectivity index is 3.24. The van der Waals surface area contributed by atoms with Crippen molar-refractivity contribution in [3.05, 3.63) is 34.3 Å². The van der Waals surface area contributed by atoms with Crippen LogP contribution in [0.1, 0.15) is 17.2 Å². The van der Waals surface area contributed by atoms with Crippen LogP contribution < -0.4 is 0 Å². The fourth-order valence-corrected chi connectivity index (χ4v) is 1.25. The number of carbonyl (C=O) groups is 1. The minimum absolute atomic E-state index is 0.0232. The summed E-state index contributed by atoms with van der Waals surface area (Å²) in [6.45, 7) is 0. The summed E-state index contributed by atoms with van der Waals surface area (Å²) in [6, 6.07) is 6.07. The maximum atomic E-state index is 10.5. The molecule has 1 unspecified atom stereocenters. The molecular weight excluding hydrogens is 206 g/mol. The number of carboxylic acid groups (broad SMARTS) is 1. The van der Waals surface area contributed by atoms with Crippen molar-refractivity contribution in [3.63, 3.8) is 0 Å². The molecule has 0 aliphatic carbocycles. The number of rotatable bonds is 2. The van der Waals surface area contributed by atoms with Crippen LogP contribution in [0.15, 0.2) is 18.2 Å². The summed E-state index contributed by atoms with van der Waals surface area (Å²) < 4.78 is 0. The number of nitrogens with zero attached hydrogens (tertiary/aromatic N) is 1. The molecule has 1 aromatic rings. The summed E-state index contributed by atoms with van der Waals surface area (Å²) >= 11 is 5.70. The van der Waals surface area contributed by atoms with Crippen LogP contribution in [0.5, 0.6) is 0 Å². The monoisotopic (exact) mass is 211 g/mol. The van der Waals surface area contributed by atoms with Gasteiger partial charge in [0.1, 0.15) is 6.07 Å². The predicted octanol–water partition coefficient (Wildman–Crippen LogP) is 1.33. The molecule has 5 heteroatoms. The molecule has 1 atom stereocenters. The second-order valence-corrected chi connectivity index (χ2v) is 2.94. The topological polar surface area (TPSA) is 81.3 Å². The van der Waals surface area contributed by atoms with Crippen LogP contribution in [0.2, 0.25) is 5.02 Å². The molecule has 0 aromatic heterocycles. The molecule has 0 bridgehead atoms. The lowest BCUT2D eigenvalue weighted by atomic mass is 10.1. The van der Waals surface area contributed by atoms with Gasteiger partial charge in [-0.15, -0.1) is 0 Å². The van der Waals surface area contributed by atoms with E-state index in [-0.39, 0.29) is 16.1 Å². The number of carboxylic acids is 1. The average molecular weight is 212 g/mol. The van der Waals surface area contributed by atoms with E-state index in [9.17, 15) is 9.90 Å². The van der Waals surface area contributed by atoms with Gasteiger partial charge in [-0.3, -0.25) is 0 Å². The average Bonchev–Trinajstić information content (AvgIpc) is 2.17. The second-order valence-electron chi connectivity index (χ2n) is 2.56. The first-order valence-electron chi connectivity index (χ1n) is 3.67. The van der Waals surface area contributed by atoms with Gasteiger partial charge in [-0.2, -0.15) is 5.26 Å². The molecule has 1 rings (SSSR count). The van der Waals surface area contributed by atoms with E-state index in [1.807, 2.05) is 0 Å². The Hall–Kier alpha value is -1.57. The van der Waals surface area contributed by atoms with Crippen molar-refractivity contribution in [3.8, 4) is 6.07 Å². The van der Waals surface area contributed by atoms with E-state index in [0.717, 1.165) is 0 Å². The molecule has 0 heterocycles. The number of benzene rings is 1. The van der Waals surface area contributed by atoms with Crippen molar-refractivity contribution in [1.29, 1.82) is 5.26 Å². The first kappa shape index (κ1) is 10.5. The third kappa shape index (κ3) is 1.84. The van der Waals surface area contributed by atoms with Crippen molar-refractivity contribution in [1.82, 2.24) is 0 Å². The Kier molecular flexibility index (Phi) is 3.07. The lowest BCUT2D eigenvalue weighted by molar-refractivity contribution is -0.146. The molecule has 1 aromatic carbocycles. The molecule has 72 valence electrons. The first-order chi connectivity index (χ1) is 6.57. The quantitative estimate of drug-likeness (QED) is 0.773. The van der Waals surface area contributed by atoms with Crippen LogP contribution in [0.4, 0.5) is 0 Å². The molecule has 0 amide bonds. The van der Waals surface area contributed by atoms with Crippen molar-refractivity contribution in [2.75, 3.05) is 0 Å². The molecule has 4 nitrogen and oxygen atoms in total. The summed E-state index contributed by atoms with van der Waals surface area (Å²) in [4.78, 5) is 10.5. The van der Waals surface area contributed by atoms with E-state index in [1.54, 1.807) is 6.07 Å². The Morgan fingerprint density at radius 2 is 2.21 bits per heavy atom.